The number of benzene rings is 2. The van der Waals surface area contributed by atoms with Crippen LogP contribution in [-0.4, -0.2) is 25.8 Å². The lowest BCUT2D eigenvalue weighted by molar-refractivity contribution is -0.275. The molecule has 1 N–H and O–H groups in total. The summed E-state index contributed by atoms with van der Waals surface area (Å²) in [6, 6.07) is 9.05. The Labute approximate surface area is 317 Å². The van der Waals surface area contributed by atoms with Crippen LogP contribution in [0.15, 0.2) is 84.6 Å². The number of hydrogen-bond donors (Lipinski definition) is 1. The zero-order chi connectivity index (χ0) is 39.1. The number of fused-ring (bicyclic) bond motifs is 1. The number of hydrogen-bond acceptors (Lipinski definition) is 4. The second-order valence-electron chi connectivity index (χ2n) is 16.2. The molecule has 5 rings (SSSR count). The fourth-order valence-corrected chi connectivity index (χ4v) is 8.42. The topological polar surface area (TPSA) is 33.7 Å². The van der Waals surface area contributed by atoms with Crippen LogP contribution in [0.25, 0.3) is 0 Å². The van der Waals surface area contributed by atoms with Gasteiger partial charge in [0.1, 0.15) is 11.5 Å². The molecule has 0 aromatic heterocycles. The van der Waals surface area contributed by atoms with Crippen LogP contribution < -0.4 is 19.7 Å². The van der Waals surface area contributed by atoms with Crippen LogP contribution >= 0.6 is 0 Å². The largest absolute Gasteiger partial charge is 0.573 e. The predicted octanol–water partition coefficient (Wildman–Crippen LogP) is 13.5. The van der Waals surface area contributed by atoms with Gasteiger partial charge in [-0.1, -0.05) is 123 Å². The zero-order valence-electron chi connectivity index (χ0n) is 32.1. The van der Waals surface area contributed by atoms with Gasteiger partial charge in [0.05, 0.1) is 0 Å². The molecule has 3 aliphatic rings. The van der Waals surface area contributed by atoms with Crippen LogP contribution in [-0.2, 0) is 10.8 Å². The van der Waals surface area contributed by atoms with E-state index in [0.717, 1.165) is 48.6 Å². The van der Waals surface area contributed by atoms with Crippen molar-refractivity contribution in [2.75, 3.05) is 23.3 Å². The highest BCUT2D eigenvalue weighted by atomic mass is 19.4. The summed E-state index contributed by atoms with van der Waals surface area (Å²) in [5.74, 6) is 0.766. The highest BCUT2D eigenvalue weighted by Gasteiger charge is 2.41. The zero-order valence-corrected chi connectivity index (χ0v) is 32.1. The lowest BCUT2D eigenvalue weighted by Crippen LogP contribution is -2.28. The van der Waals surface area contributed by atoms with E-state index in [1.807, 2.05) is 58.1 Å². The molecular weight excluding hydrogens is 702 g/mol. The van der Waals surface area contributed by atoms with Gasteiger partial charge < -0.3 is 19.7 Å². The van der Waals surface area contributed by atoms with E-state index in [-0.39, 0.29) is 11.5 Å². The third kappa shape index (κ3) is 10.9. The summed E-state index contributed by atoms with van der Waals surface area (Å²) in [7, 11) is 0. The summed E-state index contributed by atoms with van der Waals surface area (Å²) >= 11 is 0. The van der Waals surface area contributed by atoms with Gasteiger partial charge in [-0.05, 0) is 83.9 Å². The molecule has 54 heavy (non-hydrogen) atoms. The number of anilines is 2. The molecule has 2 aromatic rings. The third-order valence-electron chi connectivity index (χ3n) is 11.6. The lowest BCUT2D eigenvalue weighted by Gasteiger charge is -2.30. The SMILES string of the molecule is C=C(/C=C/C=C/C=C1/N(CCC2CCCCC2)c2ccc(OC(F)(F)F)cc2C1(C)C)C(C)(C)c1cc(OC(F)(F)F)ccc1NCCC1CCCCC1. The van der Waals surface area contributed by atoms with Gasteiger partial charge in [-0.2, -0.15) is 0 Å². The number of alkyl halides is 6. The number of nitrogens with zero attached hydrogens (tertiary/aromatic N) is 1. The average Bonchev–Trinajstić information content (AvgIpc) is 3.31. The molecule has 0 unspecified atom stereocenters. The number of allylic oxidation sites excluding steroid dienone is 7. The first kappa shape index (κ1) is 41.3. The Bertz CT molecular complexity index is 1670. The molecule has 2 aromatic carbocycles. The van der Waals surface area contributed by atoms with E-state index in [0.29, 0.717) is 23.0 Å². The second-order valence-corrected chi connectivity index (χ2v) is 16.2. The molecule has 4 nitrogen and oxygen atoms in total. The molecule has 1 heterocycles. The van der Waals surface area contributed by atoms with Crippen molar-refractivity contribution in [2.45, 2.75) is 128 Å². The van der Waals surface area contributed by atoms with Gasteiger partial charge in [-0.15, -0.1) is 26.3 Å². The van der Waals surface area contributed by atoms with E-state index in [9.17, 15) is 26.3 Å². The molecule has 10 heteroatoms. The molecule has 0 bridgehead atoms. The minimum absolute atomic E-state index is 0.236. The minimum atomic E-state index is -4.81. The van der Waals surface area contributed by atoms with E-state index < -0.39 is 23.6 Å². The van der Waals surface area contributed by atoms with Crippen LogP contribution in [0.2, 0.25) is 0 Å². The Morgan fingerprint density at radius 3 is 1.98 bits per heavy atom. The second kappa shape index (κ2) is 17.3. The van der Waals surface area contributed by atoms with Crippen molar-refractivity contribution in [3.63, 3.8) is 0 Å². The van der Waals surface area contributed by atoms with Gasteiger partial charge in [-0.25, -0.2) is 0 Å². The molecule has 0 atom stereocenters. The van der Waals surface area contributed by atoms with Crippen molar-refractivity contribution in [1.29, 1.82) is 0 Å². The molecule has 0 spiro atoms. The molecule has 1 aliphatic heterocycles. The van der Waals surface area contributed by atoms with Crippen LogP contribution in [0, 0.1) is 11.8 Å². The Kier molecular flexibility index (Phi) is 13.3. The number of halogens is 6. The van der Waals surface area contributed by atoms with E-state index in [1.165, 1.54) is 88.5 Å². The molecule has 296 valence electrons. The first-order chi connectivity index (χ1) is 25.4. The van der Waals surface area contributed by atoms with Gasteiger partial charge in [0, 0.05) is 41.0 Å². The molecule has 2 aliphatic carbocycles. The maximum Gasteiger partial charge on any atom is 0.573 e. The maximum atomic E-state index is 13.2. The van der Waals surface area contributed by atoms with E-state index in [2.05, 4.69) is 26.3 Å². The average molecular weight is 759 g/mol. The third-order valence-corrected chi connectivity index (χ3v) is 11.6. The summed E-state index contributed by atoms with van der Waals surface area (Å²) in [5.41, 5.74) is 3.40. The van der Waals surface area contributed by atoms with Gasteiger partial charge in [0.25, 0.3) is 0 Å². The van der Waals surface area contributed by atoms with Crippen LogP contribution in [0.1, 0.15) is 116 Å². The van der Waals surface area contributed by atoms with Gasteiger partial charge in [-0.3, -0.25) is 0 Å². The van der Waals surface area contributed by atoms with Gasteiger partial charge in [0.2, 0.25) is 0 Å². The number of ether oxygens (including phenoxy) is 2. The lowest BCUT2D eigenvalue weighted by atomic mass is 9.77. The van der Waals surface area contributed by atoms with Crippen molar-refractivity contribution in [3.05, 3.63) is 95.8 Å². The Balaban J connectivity index is 1.34. The fourth-order valence-electron chi connectivity index (χ4n) is 8.42. The van der Waals surface area contributed by atoms with Crippen LogP contribution in [0.4, 0.5) is 37.7 Å². The molecule has 0 amide bonds. The predicted molar refractivity (Wildman–Crippen MR) is 206 cm³/mol. The van der Waals surface area contributed by atoms with Crippen molar-refractivity contribution in [2.24, 2.45) is 11.8 Å². The number of nitrogens with one attached hydrogen (secondary N) is 1. The summed E-state index contributed by atoms with van der Waals surface area (Å²) in [4.78, 5) is 2.23. The van der Waals surface area contributed by atoms with Crippen LogP contribution in [0.5, 0.6) is 11.5 Å². The molecule has 0 radical (unpaired) electrons. The van der Waals surface area contributed by atoms with Crippen molar-refractivity contribution < 1.29 is 35.8 Å². The van der Waals surface area contributed by atoms with E-state index in [4.69, 9.17) is 0 Å². The molecule has 2 saturated carbocycles. The standard InChI is InChI=1S/C44H56F6N2O2/c1-31(41(2,3)36-29-34(53-43(45,46)47)21-23-38(36)51-27-25-32-16-10-7-11-17-32)15-9-6-14-20-40-42(4,5)37-30-35(54-44(48,49)50)22-24-39(37)52(40)28-26-33-18-12-8-13-19-33/h6,9,14-15,20-24,29-30,32-33,51H,1,7-8,10-13,16-19,25-28H2,2-5H3/b14-6+,15-9+,40-20+. The molecule has 0 saturated heterocycles. The summed E-state index contributed by atoms with van der Waals surface area (Å²) in [5, 5.41) is 3.49. The summed E-state index contributed by atoms with van der Waals surface area (Å²) < 4.78 is 87.6. The Morgan fingerprint density at radius 2 is 1.37 bits per heavy atom. The number of rotatable bonds is 14. The van der Waals surface area contributed by atoms with Gasteiger partial charge >= 0.3 is 12.7 Å². The van der Waals surface area contributed by atoms with E-state index >= 15 is 0 Å². The monoisotopic (exact) mass is 758 g/mol. The van der Waals surface area contributed by atoms with Crippen molar-refractivity contribution in [1.82, 2.24) is 0 Å². The van der Waals surface area contributed by atoms with Crippen LogP contribution in [0.3, 0.4) is 0 Å². The highest BCUT2D eigenvalue weighted by molar-refractivity contribution is 5.72. The van der Waals surface area contributed by atoms with E-state index in [1.54, 1.807) is 12.1 Å². The van der Waals surface area contributed by atoms with Crippen molar-refractivity contribution >= 4 is 11.4 Å². The minimum Gasteiger partial charge on any atom is -0.406 e. The van der Waals surface area contributed by atoms with Crippen molar-refractivity contribution in [3.8, 4) is 11.5 Å². The molecular formula is C44H56F6N2O2. The first-order valence-electron chi connectivity index (χ1n) is 19.5. The molecule has 2 fully saturated rings. The first-order valence-corrected chi connectivity index (χ1v) is 19.5. The smallest absolute Gasteiger partial charge is 0.406 e. The highest BCUT2D eigenvalue weighted by Crippen LogP contribution is 2.50. The Hall–Kier alpha value is -3.82. The normalized spacial score (nSPS) is 19.5. The maximum absolute atomic E-state index is 13.2. The summed E-state index contributed by atoms with van der Waals surface area (Å²) in [6.07, 6.45) is 14.2. The summed E-state index contributed by atoms with van der Waals surface area (Å²) in [6.45, 7) is 13.7. The van der Waals surface area contributed by atoms with Gasteiger partial charge in [0.15, 0.2) is 0 Å². The fraction of sp³-hybridized carbons (Fsp3) is 0.545. The Morgan fingerprint density at radius 1 is 0.796 bits per heavy atom. The quantitative estimate of drug-likeness (QED) is 0.154.